The third kappa shape index (κ3) is 9.03. The fourth-order valence-electron chi connectivity index (χ4n) is 5.25. The van der Waals surface area contributed by atoms with E-state index in [-0.39, 0.29) is 24.0 Å². The van der Waals surface area contributed by atoms with Gasteiger partial charge >= 0.3 is 12.0 Å². The third-order valence-electron chi connectivity index (χ3n) is 7.62. The molecule has 0 aromatic heterocycles. The Morgan fingerprint density at radius 2 is 1.81 bits per heavy atom. The quantitative estimate of drug-likeness (QED) is 0.248. The molecule has 2 amide bonds. The van der Waals surface area contributed by atoms with Crippen LogP contribution in [0.2, 0.25) is 0 Å². The minimum Gasteiger partial charge on any atom is -0.478 e. The number of nitrogens with zero attached hydrogens (tertiary/aromatic N) is 1. The average Bonchev–Trinajstić information content (AvgIpc) is 2.85. The second-order valence-electron chi connectivity index (χ2n) is 11.4. The van der Waals surface area contributed by atoms with Crippen LogP contribution in [0, 0.1) is 17.3 Å². The summed E-state index contributed by atoms with van der Waals surface area (Å²) in [6.45, 7) is 9.70. The second kappa shape index (κ2) is 13.3. The van der Waals surface area contributed by atoms with Crippen LogP contribution in [0.25, 0.3) is 0 Å². The monoisotopic (exact) mass is 568 g/mol. The number of urea groups is 1. The molecule has 1 fully saturated rings. The zero-order valence-corrected chi connectivity index (χ0v) is 24.1. The first kappa shape index (κ1) is 29.0. The molecule has 200 valence electrons. The highest BCUT2D eigenvalue weighted by Gasteiger charge is 2.34. The maximum absolute atomic E-state index is 13.6. The summed E-state index contributed by atoms with van der Waals surface area (Å²) in [5.74, 6) is -0.0135. The summed E-state index contributed by atoms with van der Waals surface area (Å²) < 4.78 is 1.02. The van der Waals surface area contributed by atoms with Gasteiger partial charge in [0.25, 0.3) is 0 Å². The highest BCUT2D eigenvalue weighted by Crippen LogP contribution is 2.39. The highest BCUT2D eigenvalue weighted by atomic mass is 79.9. The molecular weight excluding hydrogens is 528 g/mol. The number of halogens is 1. The molecule has 2 aliphatic rings. The lowest BCUT2D eigenvalue weighted by Crippen LogP contribution is -2.50. The van der Waals surface area contributed by atoms with Gasteiger partial charge in [-0.15, -0.1) is 0 Å². The maximum Gasteiger partial charge on any atom is 0.328 e. The molecule has 0 spiro atoms. The molecule has 0 bridgehead atoms. The van der Waals surface area contributed by atoms with Crippen molar-refractivity contribution in [3.05, 3.63) is 82.4 Å². The number of allylic oxidation sites excluding steroid dienone is 6. The van der Waals surface area contributed by atoms with E-state index in [2.05, 4.69) is 65.1 Å². The van der Waals surface area contributed by atoms with Crippen molar-refractivity contribution in [1.29, 1.82) is 0 Å². The number of carboxylic acid groups (broad SMARTS) is 1. The van der Waals surface area contributed by atoms with E-state index in [4.69, 9.17) is 5.11 Å². The summed E-state index contributed by atoms with van der Waals surface area (Å²) in [7, 11) is 0. The predicted molar refractivity (Wildman–Crippen MR) is 154 cm³/mol. The molecule has 1 saturated carbocycles. The molecule has 3 rings (SSSR count). The average molecular weight is 570 g/mol. The van der Waals surface area contributed by atoms with Gasteiger partial charge in [-0.05, 0) is 79.5 Å². The van der Waals surface area contributed by atoms with E-state index in [0.29, 0.717) is 17.9 Å². The predicted octanol–water partition coefficient (Wildman–Crippen LogP) is 7.83. The topological polar surface area (TPSA) is 69.6 Å². The number of carboxylic acids is 1. The zero-order chi connectivity index (χ0) is 27.0. The van der Waals surface area contributed by atoms with E-state index >= 15 is 0 Å². The maximum atomic E-state index is 13.6. The minimum atomic E-state index is -0.956. The van der Waals surface area contributed by atoms with Crippen LogP contribution >= 0.6 is 15.9 Å². The number of amides is 2. The number of nitrogens with one attached hydrogen (secondary N) is 1. The van der Waals surface area contributed by atoms with Crippen LogP contribution in [-0.4, -0.2) is 34.6 Å². The summed E-state index contributed by atoms with van der Waals surface area (Å²) in [5.41, 5.74) is 2.44. The first-order valence-corrected chi connectivity index (χ1v) is 14.1. The fourth-order valence-corrected chi connectivity index (χ4v) is 5.52. The van der Waals surface area contributed by atoms with Gasteiger partial charge in [0.2, 0.25) is 0 Å². The zero-order valence-electron chi connectivity index (χ0n) is 22.5. The van der Waals surface area contributed by atoms with E-state index in [0.717, 1.165) is 53.8 Å². The van der Waals surface area contributed by atoms with Crippen LogP contribution in [0.5, 0.6) is 0 Å². The molecular formula is C31H41BrN2O3. The molecule has 2 atom stereocenters. The van der Waals surface area contributed by atoms with E-state index in [1.807, 2.05) is 37.3 Å². The Morgan fingerprint density at radius 3 is 2.38 bits per heavy atom. The van der Waals surface area contributed by atoms with E-state index in [1.165, 1.54) is 6.08 Å². The van der Waals surface area contributed by atoms with Gasteiger partial charge in [0, 0.05) is 23.1 Å². The highest BCUT2D eigenvalue weighted by molar-refractivity contribution is 9.10. The van der Waals surface area contributed by atoms with Gasteiger partial charge in [0.05, 0.1) is 6.04 Å². The molecule has 1 aromatic rings. The number of rotatable bonds is 8. The standard InChI is InChI=1S/C31H41BrN2O3/c1-22(25-13-17-27(32)18-14-25)33-30(37)34(28-19-15-26(16-20-28)31(2,3)4)21-24-11-9-23(10-12-24)7-5-6-8-29(35)36/h5-11,13-14,17-18,22,24,26,28H,12,15-16,19-21H2,1-4H3,(H,33,37)(H,35,36)/b7-5+,8-6+. The van der Waals surface area contributed by atoms with Gasteiger partial charge in [-0.25, -0.2) is 9.59 Å². The molecule has 0 aliphatic heterocycles. The Balaban J connectivity index is 1.67. The van der Waals surface area contributed by atoms with Crippen molar-refractivity contribution in [2.45, 2.75) is 71.9 Å². The number of aliphatic carboxylic acids is 1. The van der Waals surface area contributed by atoms with E-state index < -0.39 is 5.97 Å². The van der Waals surface area contributed by atoms with Crippen molar-refractivity contribution in [3.8, 4) is 0 Å². The molecule has 37 heavy (non-hydrogen) atoms. The Morgan fingerprint density at radius 1 is 1.14 bits per heavy atom. The minimum absolute atomic E-state index is 0.0107. The molecule has 2 N–H and O–H groups in total. The molecule has 6 heteroatoms. The van der Waals surface area contributed by atoms with Crippen molar-refractivity contribution < 1.29 is 14.7 Å². The van der Waals surface area contributed by atoms with Gasteiger partial charge in [0.1, 0.15) is 0 Å². The van der Waals surface area contributed by atoms with Gasteiger partial charge in [-0.3, -0.25) is 0 Å². The van der Waals surface area contributed by atoms with Crippen molar-refractivity contribution in [3.63, 3.8) is 0 Å². The van der Waals surface area contributed by atoms with Crippen LogP contribution in [0.3, 0.4) is 0 Å². The van der Waals surface area contributed by atoms with Gasteiger partial charge < -0.3 is 15.3 Å². The number of carbonyl (C=O) groups excluding carboxylic acids is 1. The van der Waals surface area contributed by atoms with Crippen LogP contribution in [0.15, 0.2) is 76.8 Å². The van der Waals surface area contributed by atoms with Crippen LogP contribution in [-0.2, 0) is 4.79 Å². The van der Waals surface area contributed by atoms with E-state index in [1.54, 1.807) is 6.08 Å². The SMILES string of the molecule is CC(NC(=O)N(CC1C=CC(/C=C/C=C/C(=O)O)=CC1)C1CCC(C(C)(C)C)CC1)c1ccc(Br)cc1. The molecule has 0 saturated heterocycles. The largest absolute Gasteiger partial charge is 0.478 e. The summed E-state index contributed by atoms with van der Waals surface area (Å²) in [6, 6.07) is 8.28. The van der Waals surface area contributed by atoms with Crippen molar-refractivity contribution in [2.75, 3.05) is 6.54 Å². The summed E-state index contributed by atoms with van der Waals surface area (Å²) in [6.07, 6.45) is 17.9. The molecule has 0 heterocycles. The second-order valence-corrected chi connectivity index (χ2v) is 12.3. The fraction of sp³-hybridized carbons (Fsp3) is 0.484. The van der Waals surface area contributed by atoms with Crippen LogP contribution in [0.1, 0.15) is 71.4 Å². The van der Waals surface area contributed by atoms with Crippen molar-refractivity contribution in [2.24, 2.45) is 17.3 Å². The van der Waals surface area contributed by atoms with Crippen molar-refractivity contribution >= 4 is 27.9 Å². The molecule has 2 aliphatic carbocycles. The smallest absolute Gasteiger partial charge is 0.328 e. The lowest BCUT2D eigenvalue weighted by Gasteiger charge is -2.42. The number of hydrogen-bond acceptors (Lipinski definition) is 2. The summed E-state index contributed by atoms with van der Waals surface area (Å²) >= 11 is 3.48. The first-order valence-electron chi connectivity index (χ1n) is 13.3. The lowest BCUT2D eigenvalue weighted by atomic mass is 9.71. The molecule has 0 radical (unpaired) electrons. The van der Waals surface area contributed by atoms with E-state index in [9.17, 15) is 9.59 Å². The van der Waals surface area contributed by atoms with Gasteiger partial charge in [-0.1, -0.05) is 85.3 Å². The van der Waals surface area contributed by atoms with Crippen LogP contribution in [0.4, 0.5) is 4.79 Å². The van der Waals surface area contributed by atoms with Gasteiger partial charge in [-0.2, -0.15) is 0 Å². The summed E-state index contributed by atoms with van der Waals surface area (Å²) in [4.78, 5) is 26.3. The number of benzene rings is 1. The Bertz CT molecular complexity index is 1040. The Kier molecular flexibility index (Phi) is 10.4. The number of hydrogen-bond donors (Lipinski definition) is 2. The van der Waals surface area contributed by atoms with Crippen LogP contribution < -0.4 is 5.32 Å². The molecule has 1 aromatic carbocycles. The first-order chi connectivity index (χ1) is 17.5. The van der Waals surface area contributed by atoms with Gasteiger partial charge in [0.15, 0.2) is 0 Å². The lowest BCUT2D eigenvalue weighted by molar-refractivity contribution is -0.131. The summed E-state index contributed by atoms with van der Waals surface area (Å²) in [5, 5.41) is 12.0. The Labute approximate surface area is 230 Å². The molecule has 2 unspecified atom stereocenters. The Hall–Kier alpha value is -2.60. The molecule has 5 nitrogen and oxygen atoms in total. The number of carbonyl (C=O) groups is 2. The normalized spacial score (nSPS) is 23.2. The third-order valence-corrected chi connectivity index (χ3v) is 8.15. The van der Waals surface area contributed by atoms with Crippen molar-refractivity contribution in [1.82, 2.24) is 10.2 Å².